The Balaban J connectivity index is 1.76. The Hall–Kier alpha value is -2.24. The fourth-order valence-electron chi connectivity index (χ4n) is 3.59. The highest BCUT2D eigenvalue weighted by atomic mass is 35.5. The Morgan fingerprint density at radius 2 is 1.72 bits per heavy atom. The van der Waals surface area contributed by atoms with Gasteiger partial charge in [0.05, 0.1) is 17.2 Å². The zero-order valence-electron chi connectivity index (χ0n) is 16.3. The van der Waals surface area contributed by atoms with Gasteiger partial charge in [0.1, 0.15) is 12.3 Å². The number of hydrogen-bond acceptors (Lipinski definition) is 3. The number of benzene rings is 2. The quantitative estimate of drug-likeness (QED) is 0.660. The molecule has 5 nitrogen and oxygen atoms in total. The summed E-state index contributed by atoms with van der Waals surface area (Å²) in [6.07, 6.45) is 5.09. The van der Waals surface area contributed by atoms with Crippen molar-refractivity contribution >= 4 is 40.7 Å². The van der Waals surface area contributed by atoms with E-state index in [1.807, 2.05) is 0 Å². The molecule has 0 aliphatic heterocycles. The van der Waals surface area contributed by atoms with Gasteiger partial charge in [-0.1, -0.05) is 42.5 Å². The fourth-order valence-corrected chi connectivity index (χ4v) is 3.89. The monoisotopic (exact) mass is 434 g/mol. The lowest BCUT2D eigenvalue weighted by molar-refractivity contribution is -0.117. The van der Waals surface area contributed by atoms with Gasteiger partial charge in [-0.3, -0.25) is 9.59 Å². The number of methoxy groups -OCH3 is 1. The molecule has 3 rings (SSSR count). The Bertz CT molecular complexity index is 865. The molecule has 1 N–H and O–H groups in total. The van der Waals surface area contributed by atoms with Gasteiger partial charge in [-0.2, -0.15) is 0 Å². The fraction of sp³-hybridized carbons (Fsp3) is 0.364. The van der Waals surface area contributed by atoms with Crippen LogP contribution >= 0.6 is 23.2 Å². The first-order chi connectivity index (χ1) is 14.0. The van der Waals surface area contributed by atoms with Crippen LogP contribution in [0.3, 0.4) is 0 Å². The molecule has 154 valence electrons. The molecular formula is C22H24Cl2N2O3. The molecule has 0 spiro atoms. The SMILES string of the molecule is COc1ccc(C(=O)N(CC(=O)Nc2ccc(Cl)c(Cl)c2)C2CCCCC2)cc1. The van der Waals surface area contributed by atoms with Crippen LogP contribution in [-0.4, -0.2) is 36.4 Å². The molecule has 2 amide bonds. The first-order valence-corrected chi connectivity index (χ1v) is 10.4. The third-order valence-corrected chi connectivity index (χ3v) is 5.87. The highest BCUT2D eigenvalue weighted by Crippen LogP contribution is 2.26. The van der Waals surface area contributed by atoms with Gasteiger partial charge in [0.2, 0.25) is 5.91 Å². The standard InChI is InChI=1S/C22H24Cl2N2O3/c1-29-18-10-7-15(8-11-18)22(28)26(17-5-3-2-4-6-17)14-21(27)25-16-9-12-19(23)20(24)13-16/h7-13,17H,2-6,14H2,1H3,(H,25,27). The average molecular weight is 435 g/mol. The summed E-state index contributed by atoms with van der Waals surface area (Å²) in [4.78, 5) is 27.6. The second kappa shape index (κ2) is 9.99. The van der Waals surface area contributed by atoms with Crippen LogP contribution < -0.4 is 10.1 Å². The zero-order chi connectivity index (χ0) is 20.8. The lowest BCUT2D eigenvalue weighted by Gasteiger charge is -2.34. The van der Waals surface area contributed by atoms with E-state index in [1.165, 1.54) is 0 Å². The van der Waals surface area contributed by atoms with Crippen LogP contribution in [-0.2, 0) is 4.79 Å². The van der Waals surface area contributed by atoms with Crippen molar-refractivity contribution in [2.75, 3.05) is 19.0 Å². The normalized spacial score (nSPS) is 14.3. The number of carbonyl (C=O) groups excluding carboxylic acids is 2. The summed E-state index contributed by atoms with van der Waals surface area (Å²) < 4.78 is 5.17. The van der Waals surface area contributed by atoms with Crippen molar-refractivity contribution in [3.05, 3.63) is 58.1 Å². The van der Waals surface area contributed by atoms with Crippen LogP contribution in [0.15, 0.2) is 42.5 Å². The lowest BCUT2D eigenvalue weighted by Crippen LogP contribution is -2.45. The Morgan fingerprint density at radius 3 is 2.34 bits per heavy atom. The molecule has 0 saturated heterocycles. The van der Waals surface area contributed by atoms with Crippen LogP contribution in [0.5, 0.6) is 5.75 Å². The Kier molecular flexibility index (Phi) is 7.40. The van der Waals surface area contributed by atoms with Crippen LogP contribution in [0, 0.1) is 0 Å². The maximum Gasteiger partial charge on any atom is 0.254 e. The molecule has 0 unspecified atom stereocenters. The highest BCUT2D eigenvalue weighted by molar-refractivity contribution is 6.42. The maximum atomic E-state index is 13.2. The molecule has 2 aromatic rings. The summed E-state index contributed by atoms with van der Waals surface area (Å²) in [5, 5.41) is 3.59. The van der Waals surface area contributed by atoms with E-state index in [1.54, 1.807) is 54.5 Å². The number of amides is 2. The first-order valence-electron chi connectivity index (χ1n) is 9.68. The summed E-state index contributed by atoms with van der Waals surface area (Å²) in [7, 11) is 1.58. The van der Waals surface area contributed by atoms with Crippen molar-refractivity contribution in [2.45, 2.75) is 38.1 Å². The number of rotatable bonds is 6. The van der Waals surface area contributed by atoms with Crippen LogP contribution in [0.1, 0.15) is 42.5 Å². The summed E-state index contributed by atoms with van der Waals surface area (Å²) in [6, 6.07) is 11.9. The molecule has 0 heterocycles. The van der Waals surface area contributed by atoms with Gasteiger partial charge in [0.25, 0.3) is 5.91 Å². The molecule has 1 aliphatic carbocycles. The van der Waals surface area contributed by atoms with Gasteiger partial charge < -0.3 is 15.0 Å². The molecule has 7 heteroatoms. The minimum Gasteiger partial charge on any atom is -0.497 e. The van der Waals surface area contributed by atoms with E-state index >= 15 is 0 Å². The van der Waals surface area contributed by atoms with Gasteiger partial charge in [0, 0.05) is 17.3 Å². The van der Waals surface area contributed by atoms with Crippen LogP contribution in [0.4, 0.5) is 5.69 Å². The van der Waals surface area contributed by atoms with E-state index in [0.717, 1.165) is 32.1 Å². The van der Waals surface area contributed by atoms with Crippen molar-refractivity contribution in [1.29, 1.82) is 0 Å². The predicted octanol–water partition coefficient (Wildman–Crippen LogP) is 5.42. The van der Waals surface area contributed by atoms with Gasteiger partial charge in [-0.05, 0) is 55.3 Å². The Morgan fingerprint density at radius 1 is 1.03 bits per heavy atom. The number of carbonyl (C=O) groups is 2. The predicted molar refractivity (Wildman–Crippen MR) is 116 cm³/mol. The zero-order valence-corrected chi connectivity index (χ0v) is 17.8. The molecule has 0 radical (unpaired) electrons. The summed E-state index contributed by atoms with van der Waals surface area (Å²) >= 11 is 11.9. The van der Waals surface area contributed by atoms with E-state index in [-0.39, 0.29) is 24.4 Å². The van der Waals surface area contributed by atoms with E-state index < -0.39 is 0 Å². The Labute approximate surface area is 180 Å². The molecule has 2 aromatic carbocycles. The van der Waals surface area contributed by atoms with E-state index in [2.05, 4.69) is 5.32 Å². The van der Waals surface area contributed by atoms with E-state index in [9.17, 15) is 9.59 Å². The molecule has 29 heavy (non-hydrogen) atoms. The number of hydrogen-bond donors (Lipinski definition) is 1. The minimum absolute atomic E-state index is 0.0181. The smallest absolute Gasteiger partial charge is 0.254 e. The largest absolute Gasteiger partial charge is 0.497 e. The van der Waals surface area contributed by atoms with Crippen molar-refractivity contribution < 1.29 is 14.3 Å². The molecule has 1 saturated carbocycles. The second-order valence-electron chi connectivity index (χ2n) is 7.13. The highest BCUT2D eigenvalue weighted by Gasteiger charge is 2.28. The number of nitrogens with zero attached hydrogens (tertiary/aromatic N) is 1. The van der Waals surface area contributed by atoms with Gasteiger partial charge >= 0.3 is 0 Å². The van der Waals surface area contributed by atoms with Crippen LogP contribution in [0.25, 0.3) is 0 Å². The number of nitrogens with one attached hydrogen (secondary N) is 1. The van der Waals surface area contributed by atoms with Crippen molar-refractivity contribution in [2.24, 2.45) is 0 Å². The third kappa shape index (κ3) is 5.64. The molecule has 1 fully saturated rings. The first kappa shape index (κ1) is 21.5. The summed E-state index contributed by atoms with van der Waals surface area (Å²) in [6.45, 7) is -0.0181. The molecule has 0 bridgehead atoms. The van der Waals surface area contributed by atoms with Crippen LogP contribution in [0.2, 0.25) is 10.0 Å². The van der Waals surface area contributed by atoms with E-state index in [4.69, 9.17) is 27.9 Å². The topological polar surface area (TPSA) is 58.6 Å². The van der Waals surface area contributed by atoms with Gasteiger partial charge in [-0.15, -0.1) is 0 Å². The lowest BCUT2D eigenvalue weighted by atomic mass is 9.93. The number of halogens is 2. The van der Waals surface area contributed by atoms with Crippen molar-refractivity contribution in [3.63, 3.8) is 0 Å². The maximum absolute atomic E-state index is 13.2. The van der Waals surface area contributed by atoms with Crippen molar-refractivity contribution in [1.82, 2.24) is 4.90 Å². The van der Waals surface area contributed by atoms with Gasteiger partial charge in [-0.25, -0.2) is 0 Å². The summed E-state index contributed by atoms with van der Waals surface area (Å²) in [5.41, 5.74) is 1.09. The van der Waals surface area contributed by atoms with Crippen molar-refractivity contribution in [3.8, 4) is 5.75 Å². The number of anilines is 1. The van der Waals surface area contributed by atoms with E-state index in [0.29, 0.717) is 27.0 Å². The molecule has 1 aliphatic rings. The average Bonchev–Trinajstić information content (AvgIpc) is 2.75. The van der Waals surface area contributed by atoms with Gasteiger partial charge in [0.15, 0.2) is 0 Å². The minimum atomic E-state index is -0.268. The molecular weight excluding hydrogens is 411 g/mol. The summed E-state index contributed by atoms with van der Waals surface area (Å²) in [5.74, 6) is 0.266. The molecule has 0 atom stereocenters. The molecule has 0 aromatic heterocycles. The number of ether oxygens (including phenoxy) is 1. The second-order valence-corrected chi connectivity index (χ2v) is 7.94. The third-order valence-electron chi connectivity index (χ3n) is 5.13.